The largest absolute Gasteiger partial charge is 0.484 e. The minimum absolute atomic E-state index is 0.00568. The Morgan fingerprint density at radius 1 is 1.08 bits per heavy atom. The van der Waals surface area contributed by atoms with Crippen molar-refractivity contribution in [3.8, 4) is 5.75 Å². The lowest BCUT2D eigenvalue weighted by Gasteiger charge is -2.32. The Balaban J connectivity index is 1.11. The summed E-state index contributed by atoms with van der Waals surface area (Å²) in [5.41, 5.74) is 3.74. The number of ether oxygens (including phenoxy) is 1. The number of oxazole rings is 1. The zero-order valence-corrected chi connectivity index (χ0v) is 20.0. The number of carbonyl (C=O) groups is 2. The predicted molar refractivity (Wildman–Crippen MR) is 134 cm³/mol. The Morgan fingerprint density at radius 2 is 1.86 bits per heavy atom. The lowest BCUT2D eigenvalue weighted by atomic mass is 9.89. The van der Waals surface area contributed by atoms with Crippen molar-refractivity contribution in [2.24, 2.45) is 0 Å². The van der Waals surface area contributed by atoms with Gasteiger partial charge >= 0.3 is 0 Å². The number of nitrogens with zero attached hydrogens (tertiary/aromatic N) is 2. The minimum Gasteiger partial charge on any atom is -0.484 e. The highest BCUT2D eigenvalue weighted by atomic mass is 35.5. The maximum Gasteiger partial charge on any atom is 0.262 e. The van der Waals surface area contributed by atoms with Crippen LogP contribution in [0, 0.1) is 5.82 Å². The van der Waals surface area contributed by atoms with Gasteiger partial charge in [-0.1, -0.05) is 23.7 Å². The molecule has 0 radical (unpaired) electrons. The summed E-state index contributed by atoms with van der Waals surface area (Å²) in [6.07, 6.45) is 3.08. The van der Waals surface area contributed by atoms with Crippen LogP contribution < -0.4 is 10.1 Å². The maximum atomic E-state index is 13.5. The molecule has 1 N–H and O–H groups in total. The van der Waals surface area contributed by atoms with Gasteiger partial charge in [0.05, 0.1) is 5.02 Å². The van der Waals surface area contributed by atoms with Crippen molar-refractivity contribution >= 4 is 40.2 Å². The maximum absolute atomic E-state index is 13.5. The number of hydrogen-bond acceptors (Lipinski definition) is 5. The molecule has 4 aromatic rings. The number of amides is 2. The number of likely N-dealkylation sites (tertiary alicyclic amines) is 1. The van der Waals surface area contributed by atoms with Crippen molar-refractivity contribution in [2.75, 3.05) is 25.0 Å². The highest BCUT2D eigenvalue weighted by Crippen LogP contribution is 2.30. The van der Waals surface area contributed by atoms with Crippen LogP contribution in [0.2, 0.25) is 5.02 Å². The normalized spacial score (nSPS) is 14.1. The van der Waals surface area contributed by atoms with Crippen LogP contribution in [-0.2, 0) is 4.79 Å². The molecule has 2 heterocycles. The molecule has 0 atom stereocenters. The van der Waals surface area contributed by atoms with Crippen LogP contribution in [0.25, 0.3) is 11.1 Å². The number of hydrogen-bond donors (Lipinski definition) is 1. The molecule has 1 saturated heterocycles. The van der Waals surface area contributed by atoms with Gasteiger partial charge in [0.2, 0.25) is 0 Å². The summed E-state index contributed by atoms with van der Waals surface area (Å²) < 4.78 is 24.1. The van der Waals surface area contributed by atoms with Gasteiger partial charge in [-0.25, -0.2) is 9.37 Å². The molecular weight excluding hydrogens is 485 g/mol. The Bertz CT molecular complexity index is 1400. The third-order valence-electron chi connectivity index (χ3n) is 6.29. The SMILES string of the molecule is O=C(COc1ccc(Cl)c(F)c1)Nc1ccc(C2CCN(C(=O)c3ccc4ncoc4c3)CC2)cc1. The smallest absolute Gasteiger partial charge is 0.262 e. The molecule has 184 valence electrons. The molecule has 5 rings (SSSR count). The fraction of sp³-hybridized carbons (Fsp3) is 0.222. The number of aromatic nitrogens is 1. The molecule has 0 spiro atoms. The van der Waals surface area contributed by atoms with Gasteiger partial charge in [-0.15, -0.1) is 0 Å². The Kier molecular flexibility index (Phi) is 6.86. The second kappa shape index (κ2) is 10.4. The van der Waals surface area contributed by atoms with Gasteiger partial charge in [-0.2, -0.15) is 0 Å². The van der Waals surface area contributed by atoms with E-state index in [0.29, 0.717) is 35.8 Å². The van der Waals surface area contributed by atoms with E-state index in [-0.39, 0.29) is 29.2 Å². The molecule has 0 bridgehead atoms. The molecule has 9 heteroatoms. The minimum atomic E-state index is -0.603. The summed E-state index contributed by atoms with van der Waals surface area (Å²) in [6, 6.07) is 17.0. The zero-order valence-electron chi connectivity index (χ0n) is 19.2. The Labute approximate surface area is 211 Å². The number of rotatable bonds is 6. The molecule has 3 aromatic carbocycles. The van der Waals surface area contributed by atoms with Crippen molar-refractivity contribution in [1.82, 2.24) is 9.88 Å². The van der Waals surface area contributed by atoms with E-state index in [2.05, 4.69) is 10.3 Å². The number of fused-ring (bicyclic) bond motifs is 1. The van der Waals surface area contributed by atoms with Crippen LogP contribution in [0.3, 0.4) is 0 Å². The molecule has 1 aliphatic heterocycles. The van der Waals surface area contributed by atoms with Crippen LogP contribution in [0.5, 0.6) is 5.75 Å². The summed E-state index contributed by atoms with van der Waals surface area (Å²) in [5.74, 6) is -0.403. The molecule has 0 saturated carbocycles. The van der Waals surface area contributed by atoms with Crippen LogP contribution in [0.1, 0.15) is 34.7 Å². The molecule has 1 fully saturated rings. The van der Waals surface area contributed by atoms with Crippen molar-refractivity contribution in [1.29, 1.82) is 0 Å². The number of anilines is 1. The molecule has 2 amide bonds. The summed E-state index contributed by atoms with van der Waals surface area (Å²) in [5, 5.41) is 2.76. The quantitative estimate of drug-likeness (QED) is 0.364. The van der Waals surface area contributed by atoms with E-state index in [0.717, 1.165) is 30.0 Å². The molecular formula is C27H23ClFN3O4. The standard InChI is InChI=1S/C27H23ClFN3O4/c28-22-7-6-21(14-23(22)29)35-15-26(33)31-20-4-1-17(2-5-20)18-9-11-32(12-10-18)27(34)19-3-8-24-25(13-19)36-16-30-24/h1-8,13-14,16,18H,9-12,15H2,(H,31,33). The third kappa shape index (κ3) is 5.33. The molecule has 0 unspecified atom stereocenters. The van der Waals surface area contributed by atoms with E-state index in [1.54, 1.807) is 18.2 Å². The summed E-state index contributed by atoms with van der Waals surface area (Å²) in [6.45, 7) is 1.08. The fourth-order valence-corrected chi connectivity index (χ4v) is 4.46. The predicted octanol–water partition coefficient (Wildman–Crippen LogP) is 5.66. The van der Waals surface area contributed by atoms with Gasteiger partial charge in [0.25, 0.3) is 11.8 Å². The highest BCUT2D eigenvalue weighted by Gasteiger charge is 2.25. The van der Waals surface area contributed by atoms with Crippen molar-refractivity contribution in [3.05, 3.63) is 89.0 Å². The van der Waals surface area contributed by atoms with Gasteiger partial charge in [0, 0.05) is 30.4 Å². The van der Waals surface area contributed by atoms with E-state index in [1.807, 2.05) is 29.2 Å². The van der Waals surface area contributed by atoms with Crippen LogP contribution in [-0.4, -0.2) is 41.4 Å². The second-order valence-corrected chi connectivity index (χ2v) is 9.04. The first kappa shape index (κ1) is 23.8. The Hall–Kier alpha value is -3.91. The first-order chi connectivity index (χ1) is 17.5. The molecule has 1 aromatic heterocycles. The van der Waals surface area contributed by atoms with E-state index in [9.17, 15) is 14.0 Å². The van der Waals surface area contributed by atoms with Gasteiger partial charge in [-0.3, -0.25) is 9.59 Å². The fourth-order valence-electron chi connectivity index (χ4n) is 4.34. The number of halogens is 2. The zero-order chi connectivity index (χ0) is 25.1. The van der Waals surface area contributed by atoms with E-state index < -0.39 is 5.82 Å². The number of carbonyl (C=O) groups excluding carboxylic acids is 2. The third-order valence-corrected chi connectivity index (χ3v) is 6.59. The van der Waals surface area contributed by atoms with Gasteiger partial charge < -0.3 is 19.4 Å². The van der Waals surface area contributed by atoms with Crippen LogP contribution in [0.15, 0.2) is 71.5 Å². The number of benzene rings is 3. The van der Waals surface area contributed by atoms with Crippen molar-refractivity contribution in [2.45, 2.75) is 18.8 Å². The lowest BCUT2D eigenvalue weighted by molar-refractivity contribution is -0.118. The monoisotopic (exact) mass is 507 g/mol. The molecule has 36 heavy (non-hydrogen) atoms. The van der Waals surface area contributed by atoms with E-state index in [4.69, 9.17) is 20.8 Å². The van der Waals surface area contributed by atoms with E-state index in [1.165, 1.54) is 18.5 Å². The van der Waals surface area contributed by atoms with Crippen LogP contribution >= 0.6 is 11.6 Å². The summed E-state index contributed by atoms with van der Waals surface area (Å²) >= 11 is 5.65. The summed E-state index contributed by atoms with van der Waals surface area (Å²) in [4.78, 5) is 31.1. The molecule has 1 aliphatic rings. The molecule has 7 nitrogen and oxygen atoms in total. The van der Waals surface area contributed by atoms with Crippen LogP contribution in [0.4, 0.5) is 10.1 Å². The summed E-state index contributed by atoms with van der Waals surface area (Å²) in [7, 11) is 0. The first-order valence-electron chi connectivity index (χ1n) is 11.6. The number of piperidine rings is 1. The van der Waals surface area contributed by atoms with Gasteiger partial charge in [-0.05, 0) is 66.8 Å². The van der Waals surface area contributed by atoms with Crippen molar-refractivity contribution in [3.63, 3.8) is 0 Å². The van der Waals surface area contributed by atoms with Gasteiger partial charge in [0.1, 0.15) is 17.1 Å². The highest BCUT2D eigenvalue weighted by molar-refractivity contribution is 6.30. The van der Waals surface area contributed by atoms with Crippen molar-refractivity contribution < 1.29 is 23.1 Å². The topological polar surface area (TPSA) is 84.7 Å². The van der Waals surface area contributed by atoms with E-state index >= 15 is 0 Å². The number of nitrogens with one attached hydrogen (secondary N) is 1. The average Bonchev–Trinajstić information content (AvgIpc) is 3.38. The van der Waals surface area contributed by atoms with Gasteiger partial charge in [0.15, 0.2) is 18.6 Å². The Morgan fingerprint density at radius 3 is 2.61 bits per heavy atom. The lowest BCUT2D eigenvalue weighted by Crippen LogP contribution is -2.37. The average molecular weight is 508 g/mol. The second-order valence-electron chi connectivity index (χ2n) is 8.64. The first-order valence-corrected chi connectivity index (χ1v) is 11.9. The molecule has 0 aliphatic carbocycles.